The van der Waals surface area contributed by atoms with Gasteiger partial charge in [0.15, 0.2) is 0 Å². The van der Waals surface area contributed by atoms with Crippen LogP contribution < -0.4 is 0 Å². The Morgan fingerprint density at radius 1 is 1.00 bits per heavy atom. The van der Waals surface area contributed by atoms with Crippen LogP contribution in [0.15, 0.2) is 29.6 Å². The van der Waals surface area contributed by atoms with E-state index in [1.165, 1.54) is 5.56 Å². The summed E-state index contributed by atoms with van der Waals surface area (Å²) in [5.41, 5.74) is 5.05. The molecule has 2 nitrogen and oxygen atoms in total. The Morgan fingerprint density at radius 3 is 2.50 bits per heavy atom. The number of rotatable bonds is 1. The molecule has 0 amide bonds. The van der Waals surface area contributed by atoms with Crippen LogP contribution in [-0.4, -0.2) is 11.4 Å². The van der Waals surface area contributed by atoms with E-state index in [2.05, 4.69) is 19.9 Å². The van der Waals surface area contributed by atoms with Gasteiger partial charge in [0.1, 0.15) is 0 Å². The second kappa shape index (κ2) is 3.89. The van der Waals surface area contributed by atoms with Gasteiger partial charge in [-0.25, -0.2) is 0 Å². The van der Waals surface area contributed by atoms with Crippen molar-refractivity contribution in [1.29, 1.82) is 10.8 Å². The Morgan fingerprint density at radius 2 is 1.78 bits per heavy atom. The normalized spacial score (nSPS) is 13.7. The zero-order valence-electron chi connectivity index (χ0n) is 10.4. The van der Waals surface area contributed by atoms with E-state index in [4.69, 9.17) is 10.8 Å². The molecule has 0 spiro atoms. The number of hydrogen-bond donors (Lipinski definition) is 2. The lowest BCUT2D eigenvalue weighted by molar-refractivity contribution is 0.863. The Labute approximate surface area is 110 Å². The van der Waals surface area contributed by atoms with Crippen LogP contribution in [0.3, 0.4) is 0 Å². The van der Waals surface area contributed by atoms with E-state index in [1.54, 1.807) is 11.3 Å². The van der Waals surface area contributed by atoms with E-state index in [-0.39, 0.29) is 0 Å². The first-order valence-electron chi connectivity index (χ1n) is 6.00. The van der Waals surface area contributed by atoms with Gasteiger partial charge in [-0.2, -0.15) is 0 Å². The highest BCUT2D eigenvalue weighted by Gasteiger charge is 2.28. The smallest absolute Gasteiger partial charge is 0.0800 e. The van der Waals surface area contributed by atoms with Gasteiger partial charge in [0.25, 0.3) is 0 Å². The largest absolute Gasteiger partial charge is 0.300 e. The number of nitrogens with one attached hydrogen (secondary N) is 2. The van der Waals surface area contributed by atoms with Crippen LogP contribution >= 0.6 is 11.3 Å². The molecule has 1 aromatic carbocycles. The molecule has 1 aromatic heterocycles. The molecule has 1 aliphatic rings. The lowest BCUT2D eigenvalue weighted by Gasteiger charge is -2.22. The average Bonchev–Trinajstić information content (AvgIpc) is 2.84. The van der Waals surface area contributed by atoms with E-state index in [1.807, 2.05) is 23.6 Å². The molecule has 0 bridgehead atoms. The zero-order valence-corrected chi connectivity index (χ0v) is 11.2. The maximum absolute atomic E-state index is 8.41. The minimum absolute atomic E-state index is 0.370. The molecule has 90 valence electrons. The van der Waals surface area contributed by atoms with Gasteiger partial charge in [0.05, 0.1) is 16.3 Å². The van der Waals surface area contributed by atoms with Crippen molar-refractivity contribution in [2.75, 3.05) is 0 Å². The molecular weight excluding hydrogens is 240 g/mol. The van der Waals surface area contributed by atoms with Crippen molar-refractivity contribution in [3.63, 3.8) is 0 Å². The average molecular weight is 254 g/mol. The second-order valence-corrected chi connectivity index (χ2v) is 5.75. The van der Waals surface area contributed by atoms with Gasteiger partial charge >= 0.3 is 0 Å². The van der Waals surface area contributed by atoms with Crippen LogP contribution in [0, 0.1) is 10.8 Å². The second-order valence-electron chi connectivity index (χ2n) is 4.84. The van der Waals surface area contributed by atoms with Crippen molar-refractivity contribution < 1.29 is 0 Å². The quantitative estimate of drug-likeness (QED) is 0.659. The van der Waals surface area contributed by atoms with Crippen molar-refractivity contribution in [3.8, 4) is 0 Å². The SMILES string of the molecule is CC(C)c1cccc2c1C(=N)c1sccc1C2=N. The summed E-state index contributed by atoms with van der Waals surface area (Å²) in [7, 11) is 0. The lowest BCUT2D eigenvalue weighted by atomic mass is 9.82. The van der Waals surface area contributed by atoms with E-state index in [0.717, 1.165) is 21.6 Å². The minimum Gasteiger partial charge on any atom is -0.300 e. The van der Waals surface area contributed by atoms with Crippen LogP contribution in [0.25, 0.3) is 0 Å². The first-order valence-corrected chi connectivity index (χ1v) is 6.88. The van der Waals surface area contributed by atoms with Crippen molar-refractivity contribution in [2.24, 2.45) is 0 Å². The maximum atomic E-state index is 8.41. The Balaban J connectivity index is 2.33. The first kappa shape index (κ1) is 11.4. The fourth-order valence-corrected chi connectivity index (χ4v) is 3.35. The van der Waals surface area contributed by atoms with Crippen LogP contribution in [0.5, 0.6) is 0 Å². The molecule has 3 rings (SSSR count). The van der Waals surface area contributed by atoms with E-state index >= 15 is 0 Å². The van der Waals surface area contributed by atoms with E-state index in [9.17, 15) is 0 Å². The van der Waals surface area contributed by atoms with Crippen molar-refractivity contribution in [1.82, 2.24) is 0 Å². The molecule has 1 heterocycles. The van der Waals surface area contributed by atoms with Gasteiger partial charge in [0, 0.05) is 16.7 Å². The molecule has 18 heavy (non-hydrogen) atoms. The minimum atomic E-state index is 0.370. The Hall–Kier alpha value is -1.74. The highest BCUT2D eigenvalue weighted by molar-refractivity contribution is 7.13. The lowest BCUT2D eigenvalue weighted by Crippen LogP contribution is -2.21. The summed E-state index contributed by atoms with van der Waals surface area (Å²) in [6.45, 7) is 4.27. The number of thiophene rings is 1. The van der Waals surface area contributed by atoms with Crippen molar-refractivity contribution in [2.45, 2.75) is 19.8 Å². The third-order valence-electron chi connectivity index (χ3n) is 3.40. The molecule has 3 heteroatoms. The van der Waals surface area contributed by atoms with Gasteiger partial charge in [-0.15, -0.1) is 11.3 Å². The molecule has 0 unspecified atom stereocenters. The highest BCUT2D eigenvalue weighted by Crippen LogP contribution is 2.34. The zero-order chi connectivity index (χ0) is 12.9. The summed E-state index contributed by atoms with van der Waals surface area (Å²) in [5.74, 6) is 0.370. The Kier molecular flexibility index (Phi) is 2.45. The predicted octanol–water partition coefficient (Wildman–Crippen LogP) is 4.02. The van der Waals surface area contributed by atoms with Crippen LogP contribution in [0.1, 0.15) is 46.9 Å². The summed E-state index contributed by atoms with van der Waals surface area (Å²) in [5, 5.41) is 18.7. The molecule has 1 aliphatic carbocycles. The van der Waals surface area contributed by atoms with Crippen LogP contribution in [0.2, 0.25) is 0 Å². The molecule has 0 radical (unpaired) electrons. The van der Waals surface area contributed by atoms with Gasteiger partial charge in [-0.1, -0.05) is 32.0 Å². The molecule has 0 saturated carbocycles. The number of fused-ring (bicyclic) bond motifs is 2. The molecule has 2 aromatic rings. The molecular formula is C15H14N2S. The van der Waals surface area contributed by atoms with Crippen molar-refractivity contribution >= 4 is 22.8 Å². The molecule has 2 N–H and O–H groups in total. The summed E-state index contributed by atoms with van der Waals surface area (Å²) < 4.78 is 0. The van der Waals surface area contributed by atoms with Gasteiger partial charge < -0.3 is 0 Å². The monoisotopic (exact) mass is 254 g/mol. The predicted molar refractivity (Wildman–Crippen MR) is 76.7 cm³/mol. The number of benzene rings is 1. The van der Waals surface area contributed by atoms with E-state index < -0.39 is 0 Å². The summed E-state index contributed by atoms with van der Waals surface area (Å²) in [6.07, 6.45) is 0. The summed E-state index contributed by atoms with van der Waals surface area (Å²) in [4.78, 5) is 0.931. The molecule has 0 atom stereocenters. The fourth-order valence-electron chi connectivity index (χ4n) is 2.50. The summed E-state index contributed by atoms with van der Waals surface area (Å²) in [6, 6.07) is 7.97. The standard InChI is InChI=1S/C15H14N2S/c1-8(2)9-4-3-5-10-12(9)14(17)15-11(13(10)16)6-7-18-15/h3-8,16-17H,1-2H3. The van der Waals surface area contributed by atoms with Crippen LogP contribution in [0.4, 0.5) is 0 Å². The fraction of sp³-hybridized carbons (Fsp3) is 0.200. The van der Waals surface area contributed by atoms with Crippen LogP contribution in [-0.2, 0) is 0 Å². The maximum Gasteiger partial charge on any atom is 0.0800 e. The topological polar surface area (TPSA) is 47.7 Å². The molecule has 0 fully saturated rings. The Bertz CT molecular complexity index is 665. The van der Waals surface area contributed by atoms with Gasteiger partial charge in [-0.05, 0) is 22.9 Å². The van der Waals surface area contributed by atoms with E-state index in [0.29, 0.717) is 17.3 Å². The first-order chi connectivity index (χ1) is 8.61. The third kappa shape index (κ3) is 1.40. The molecule has 0 saturated heterocycles. The number of hydrogen-bond acceptors (Lipinski definition) is 3. The highest BCUT2D eigenvalue weighted by atomic mass is 32.1. The summed E-state index contributed by atoms with van der Waals surface area (Å²) >= 11 is 1.56. The third-order valence-corrected chi connectivity index (χ3v) is 4.33. The van der Waals surface area contributed by atoms with Gasteiger partial charge in [0.2, 0.25) is 0 Å². The molecule has 0 aliphatic heterocycles. The van der Waals surface area contributed by atoms with Crippen molar-refractivity contribution in [3.05, 3.63) is 56.8 Å². The van der Waals surface area contributed by atoms with Gasteiger partial charge in [-0.3, -0.25) is 10.8 Å².